The molecule has 0 bridgehead atoms. The molecule has 1 N–H and O–H groups in total. The van der Waals surface area contributed by atoms with Crippen LogP contribution in [0, 0.1) is 0 Å². The second-order valence-electron chi connectivity index (χ2n) is 0. The molecule has 1 nitrogen and oxygen atoms in total. The van der Waals surface area contributed by atoms with Gasteiger partial charge in [-0.15, -0.1) is 0 Å². The molecule has 0 fully saturated rings. The summed E-state index contributed by atoms with van der Waals surface area (Å²) in [4.78, 5) is 6.92. The minimum atomic E-state index is 0. The molecule has 0 saturated heterocycles. The van der Waals surface area contributed by atoms with Gasteiger partial charge in [-0.25, -0.2) is 0 Å². The van der Waals surface area contributed by atoms with Crippen LogP contribution in [0.1, 0.15) is 0 Å². The van der Waals surface area contributed by atoms with Crippen molar-refractivity contribution in [3.8, 4) is 0 Å². The second-order valence-corrected chi connectivity index (χ2v) is 0. The summed E-state index contributed by atoms with van der Waals surface area (Å²) >= 11 is 0. The fraction of sp³-hybridized carbons (Fsp3) is 0. The van der Waals surface area contributed by atoms with Crippen LogP contribution in [0.15, 0.2) is 0 Å². The molecular weight excluding hydrogens is 114 g/mol. The second kappa shape index (κ2) is 19.0. The molecule has 0 aliphatic rings. The van der Waals surface area contributed by atoms with Crippen molar-refractivity contribution in [3.63, 3.8) is 0 Å². The van der Waals surface area contributed by atoms with E-state index >= 15 is 0 Å². The van der Waals surface area contributed by atoms with Gasteiger partial charge in [-0.05, 0) is 9.47 Å². The van der Waals surface area contributed by atoms with Crippen LogP contribution >= 0.6 is 9.47 Å². The van der Waals surface area contributed by atoms with Crippen LogP contribution < -0.4 is 0 Å². The van der Waals surface area contributed by atoms with Crippen LogP contribution in [-0.2, 0) is 0 Å². The topological polar surface area (TPSA) is 20.2 Å². The first kappa shape index (κ1) is 16.4. The summed E-state index contributed by atoms with van der Waals surface area (Å²) in [5.41, 5.74) is 0. The molecule has 4 heteroatoms. The van der Waals surface area contributed by atoms with Crippen LogP contribution in [0.5, 0.6) is 0 Å². The number of hydrogen-bond acceptors (Lipinski definition) is 1. The first-order valence-corrected chi connectivity index (χ1v) is 0.775. The Hall–Kier alpha value is 2.18. The van der Waals surface area contributed by atoms with Crippen LogP contribution in [0.2, 0.25) is 0 Å². The zero-order valence-corrected chi connectivity index (χ0v) is 2.18. The molecule has 0 aromatic heterocycles. The Bertz CT molecular complexity index is 8.00. The van der Waals surface area contributed by atoms with Gasteiger partial charge in [0, 0.05) is 0 Å². The molecular formula is H8AlCaOP. The molecule has 0 radical (unpaired) electrons. The van der Waals surface area contributed by atoms with Crippen LogP contribution in [-0.4, -0.2) is 60.0 Å². The zero-order chi connectivity index (χ0) is 2.00. The summed E-state index contributed by atoms with van der Waals surface area (Å²) in [5.74, 6) is 0. The summed E-state index contributed by atoms with van der Waals surface area (Å²) in [7, 11) is 1.42. The van der Waals surface area contributed by atoms with Crippen LogP contribution in [0.25, 0.3) is 0 Å². The monoisotopic (exact) mass is 122 g/mol. The normalized spacial score (nSPS) is 1.50. The Morgan fingerprint density at radius 1 is 1.25 bits per heavy atom. The van der Waals surface area contributed by atoms with E-state index < -0.39 is 0 Å². The van der Waals surface area contributed by atoms with Crippen molar-refractivity contribution in [2.45, 2.75) is 0 Å². The first-order chi connectivity index (χ1) is 1.00. The van der Waals surface area contributed by atoms with Crippen molar-refractivity contribution < 1.29 is 4.89 Å². The van der Waals surface area contributed by atoms with E-state index in [9.17, 15) is 0 Å². The van der Waals surface area contributed by atoms with Crippen LogP contribution in [0.4, 0.5) is 0 Å². The van der Waals surface area contributed by atoms with E-state index in [2.05, 4.69) is 0 Å². The SMILES string of the molecule is OP.[AlH3].[CaH2]. The maximum absolute atomic E-state index is 6.92. The van der Waals surface area contributed by atoms with Gasteiger partial charge in [-0.1, -0.05) is 0 Å². The number of rotatable bonds is 0. The van der Waals surface area contributed by atoms with Gasteiger partial charge in [0.15, 0.2) is 17.4 Å². The molecule has 24 valence electrons. The van der Waals surface area contributed by atoms with E-state index in [1.165, 1.54) is 9.47 Å². The molecule has 0 aromatic carbocycles. The molecule has 1 atom stereocenters. The molecule has 0 amide bonds. The quantitative estimate of drug-likeness (QED) is 0.282. The van der Waals surface area contributed by atoms with Gasteiger partial charge in [-0.2, -0.15) is 0 Å². The molecule has 0 aliphatic carbocycles. The molecule has 0 rings (SSSR count). The van der Waals surface area contributed by atoms with Crippen molar-refractivity contribution in [2.24, 2.45) is 0 Å². The van der Waals surface area contributed by atoms with Gasteiger partial charge in [0.05, 0.1) is 0 Å². The fourth-order valence-electron chi connectivity index (χ4n) is 0. The van der Waals surface area contributed by atoms with Gasteiger partial charge in [0.1, 0.15) is 0 Å². The third-order valence-corrected chi connectivity index (χ3v) is 0. The predicted octanol–water partition coefficient (Wildman–Crippen LogP) is -2.33. The zero-order valence-electron chi connectivity index (χ0n) is 1.02. The molecule has 1 unspecified atom stereocenters. The van der Waals surface area contributed by atoms with Crippen molar-refractivity contribution in [2.75, 3.05) is 0 Å². The summed E-state index contributed by atoms with van der Waals surface area (Å²) in [5, 5.41) is 0. The molecule has 4 heavy (non-hydrogen) atoms. The predicted molar refractivity (Wildman–Crippen MR) is 30.4 cm³/mol. The van der Waals surface area contributed by atoms with Crippen molar-refractivity contribution in [1.29, 1.82) is 0 Å². The molecule has 0 saturated carbocycles. The molecule has 0 aromatic rings. The van der Waals surface area contributed by atoms with E-state index in [0.717, 1.165) is 0 Å². The molecule has 0 heterocycles. The summed E-state index contributed by atoms with van der Waals surface area (Å²) < 4.78 is 0. The van der Waals surface area contributed by atoms with E-state index in [1.807, 2.05) is 0 Å². The minimum absolute atomic E-state index is 0. The Morgan fingerprint density at radius 3 is 1.25 bits per heavy atom. The third-order valence-electron chi connectivity index (χ3n) is 0. The van der Waals surface area contributed by atoms with E-state index in [4.69, 9.17) is 4.89 Å². The van der Waals surface area contributed by atoms with Crippen molar-refractivity contribution in [3.05, 3.63) is 0 Å². The summed E-state index contributed by atoms with van der Waals surface area (Å²) in [6, 6.07) is 0. The number of hydrogen-bond donors (Lipinski definition) is 1. The van der Waals surface area contributed by atoms with Crippen molar-refractivity contribution >= 4 is 64.6 Å². The van der Waals surface area contributed by atoms with E-state index in [1.54, 1.807) is 0 Å². The van der Waals surface area contributed by atoms with E-state index in [0.29, 0.717) is 0 Å². The van der Waals surface area contributed by atoms with E-state index in [-0.39, 0.29) is 55.1 Å². The van der Waals surface area contributed by atoms with Crippen LogP contribution in [0.3, 0.4) is 0 Å². The van der Waals surface area contributed by atoms with Gasteiger partial charge < -0.3 is 4.89 Å². The van der Waals surface area contributed by atoms with Gasteiger partial charge in [0.2, 0.25) is 0 Å². The van der Waals surface area contributed by atoms with Crippen molar-refractivity contribution in [1.82, 2.24) is 0 Å². The summed E-state index contributed by atoms with van der Waals surface area (Å²) in [6.07, 6.45) is 0. The third kappa shape index (κ3) is 8.89. The maximum atomic E-state index is 6.92. The average molecular weight is 122 g/mol. The van der Waals surface area contributed by atoms with Gasteiger partial charge in [-0.3, -0.25) is 0 Å². The fourth-order valence-corrected chi connectivity index (χ4v) is 0. The average Bonchev–Trinajstić information content (AvgIpc) is 1.00. The Labute approximate surface area is 68.6 Å². The Balaban J connectivity index is -0.00000000500. The standard InChI is InChI=1S/Al.Ca.H3OP.5H/c;;1-2;;;;;/h;;1H,2H2;;;;;. The first-order valence-electron chi connectivity index (χ1n) is 0.258. The van der Waals surface area contributed by atoms with Gasteiger partial charge in [0.25, 0.3) is 0 Å². The molecule has 0 spiro atoms. The Kier molecular flexibility index (Phi) is 78.0. The molecule has 0 aliphatic heterocycles. The Morgan fingerprint density at radius 2 is 1.25 bits per heavy atom. The van der Waals surface area contributed by atoms with Gasteiger partial charge >= 0.3 is 37.7 Å². The summed E-state index contributed by atoms with van der Waals surface area (Å²) in [6.45, 7) is 0.